The molecule has 0 saturated heterocycles. The average Bonchev–Trinajstić information content (AvgIpc) is 2.80. The molecular formula is C26H30N2O8. The lowest BCUT2D eigenvalue weighted by atomic mass is 9.48. The molecule has 0 aliphatic heterocycles. The number of hydrogen-bond acceptors (Lipinski definition) is 9. The standard InChI is InChI=1S/C26H30N2O8/c1-5-11(29)9-13-15-10(2)12-7-6-8-14(30)16(12)21(31)17(15)23(33)26(36)19(13)20(28(3)4)22(32)18(24(26)34)25(27)35/h5-8,10,13,15,18-20,22,30-32,36H,1,9H2,2-4H3,(H2,27,35)/t10-,13-,15-,18?,19-,20-,22?,26-/m0/s1. The Morgan fingerprint density at radius 3 is 2.42 bits per heavy atom. The fourth-order valence-corrected chi connectivity index (χ4v) is 6.74. The third-order valence-electron chi connectivity index (χ3n) is 8.21. The zero-order valence-corrected chi connectivity index (χ0v) is 20.2. The molecule has 1 aromatic rings. The number of amides is 1. The first-order valence-electron chi connectivity index (χ1n) is 11.7. The van der Waals surface area contributed by atoms with Gasteiger partial charge in [-0.05, 0) is 43.6 Å². The van der Waals surface area contributed by atoms with Crippen LogP contribution in [0, 0.1) is 23.7 Å². The number of likely N-dealkylation sites (N-methyl/N-ethyl adjacent to an activating group) is 1. The number of benzene rings is 1. The first kappa shape index (κ1) is 25.7. The number of carbonyl (C=O) groups excluding carboxylic acids is 4. The Balaban J connectivity index is 2.07. The van der Waals surface area contributed by atoms with E-state index < -0.39 is 76.4 Å². The highest BCUT2D eigenvalue weighted by Gasteiger charge is 2.71. The highest BCUT2D eigenvalue weighted by molar-refractivity contribution is 6.25. The zero-order valence-electron chi connectivity index (χ0n) is 20.2. The van der Waals surface area contributed by atoms with E-state index in [0.717, 1.165) is 6.08 Å². The van der Waals surface area contributed by atoms with Gasteiger partial charge in [0.15, 0.2) is 17.2 Å². The Kier molecular flexibility index (Phi) is 6.19. The number of fused-ring (bicyclic) bond motifs is 3. The minimum atomic E-state index is -2.86. The summed E-state index contributed by atoms with van der Waals surface area (Å²) in [5.74, 6) is -10.5. The number of allylic oxidation sites excluding steroid dienone is 1. The predicted octanol–water partition coefficient (Wildman–Crippen LogP) is 0.0613. The number of rotatable bonds is 5. The molecule has 2 fully saturated rings. The highest BCUT2D eigenvalue weighted by atomic mass is 16.3. The minimum absolute atomic E-state index is 0.000601. The number of phenols is 1. The van der Waals surface area contributed by atoms with E-state index in [0.29, 0.717) is 5.56 Å². The van der Waals surface area contributed by atoms with E-state index in [4.69, 9.17) is 5.73 Å². The third-order valence-corrected chi connectivity index (χ3v) is 8.21. The molecule has 3 aliphatic carbocycles. The fourth-order valence-electron chi connectivity index (χ4n) is 6.74. The molecule has 1 amide bonds. The van der Waals surface area contributed by atoms with E-state index in [-0.39, 0.29) is 23.3 Å². The summed E-state index contributed by atoms with van der Waals surface area (Å²) < 4.78 is 0. The number of aliphatic hydroxyl groups is 3. The fraction of sp³-hybridized carbons (Fsp3) is 0.462. The van der Waals surface area contributed by atoms with Crippen molar-refractivity contribution in [2.45, 2.75) is 37.0 Å². The van der Waals surface area contributed by atoms with Crippen LogP contribution >= 0.6 is 0 Å². The van der Waals surface area contributed by atoms with Crippen molar-refractivity contribution in [3.8, 4) is 5.75 Å². The van der Waals surface area contributed by atoms with Gasteiger partial charge in [0.25, 0.3) is 0 Å². The molecule has 0 bridgehead atoms. The lowest BCUT2D eigenvalue weighted by molar-refractivity contribution is -0.192. The van der Waals surface area contributed by atoms with E-state index in [9.17, 15) is 39.6 Å². The largest absolute Gasteiger partial charge is 0.507 e. The molecular weight excluding hydrogens is 468 g/mol. The molecule has 2 saturated carbocycles. The summed E-state index contributed by atoms with van der Waals surface area (Å²) >= 11 is 0. The number of phenolic OH excluding ortho intramolecular Hbond substituents is 1. The molecule has 2 unspecified atom stereocenters. The second kappa shape index (κ2) is 8.65. The minimum Gasteiger partial charge on any atom is -0.507 e. The van der Waals surface area contributed by atoms with Gasteiger partial charge in [-0.3, -0.25) is 19.2 Å². The predicted molar refractivity (Wildman–Crippen MR) is 127 cm³/mol. The van der Waals surface area contributed by atoms with Gasteiger partial charge < -0.3 is 31.1 Å². The average molecular weight is 499 g/mol. The van der Waals surface area contributed by atoms with Gasteiger partial charge in [-0.15, -0.1) is 0 Å². The Labute approximate surface area is 207 Å². The Hall–Kier alpha value is -3.34. The Morgan fingerprint density at radius 2 is 1.86 bits per heavy atom. The number of hydrogen-bond donors (Lipinski definition) is 5. The third kappa shape index (κ3) is 3.28. The monoisotopic (exact) mass is 498 g/mol. The molecule has 10 nitrogen and oxygen atoms in total. The van der Waals surface area contributed by atoms with Crippen LogP contribution in [0.25, 0.3) is 5.76 Å². The summed E-state index contributed by atoms with van der Waals surface area (Å²) in [6.45, 7) is 5.27. The van der Waals surface area contributed by atoms with Gasteiger partial charge in [-0.2, -0.15) is 0 Å². The van der Waals surface area contributed by atoms with Crippen LogP contribution < -0.4 is 5.73 Å². The van der Waals surface area contributed by atoms with Crippen molar-refractivity contribution in [2.75, 3.05) is 14.1 Å². The molecule has 1 aromatic carbocycles. The molecule has 6 N–H and O–H groups in total. The van der Waals surface area contributed by atoms with Crippen LogP contribution in [0.2, 0.25) is 0 Å². The van der Waals surface area contributed by atoms with Crippen LogP contribution in [0.1, 0.15) is 30.4 Å². The second-order valence-corrected chi connectivity index (χ2v) is 10.2. The van der Waals surface area contributed by atoms with Gasteiger partial charge in [0, 0.05) is 29.9 Å². The number of primary amides is 1. The van der Waals surface area contributed by atoms with Crippen molar-refractivity contribution in [3.63, 3.8) is 0 Å². The normalized spacial score (nSPS) is 35.7. The first-order chi connectivity index (χ1) is 16.8. The smallest absolute Gasteiger partial charge is 0.230 e. The van der Waals surface area contributed by atoms with Crippen molar-refractivity contribution in [1.29, 1.82) is 0 Å². The number of aliphatic hydroxyl groups excluding tert-OH is 2. The number of nitrogens with zero attached hydrogens (tertiary/aromatic N) is 1. The first-order valence-corrected chi connectivity index (χ1v) is 11.7. The van der Waals surface area contributed by atoms with Crippen LogP contribution in [-0.2, 0) is 19.2 Å². The van der Waals surface area contributed by atoms with Crippen molar-refractivity contribution in [2.24, 2.45) is 29.4 Å². The van der Waals surface area contributed by atoms with Crippen LogP contribution in [0.3, 0.4) is 0 Å². The summed E-state index contributed by atoms with van der Waals surface area (Å²) in [7, 11) is 3.11. The highest BCUT2D eigenvalue weighted by Crippen LogP contribution is 2.58. The Morgan fingerprint density at radius 1 is 1.22 bits per heavy atom. The summed E-state index contributed by atoms with van der Waals surface area (Å²) in [5, 5.41) is 44.8. The molecule has 10 heteroatoms. The van der Waals surface area contributed by atoms with E-state index in [1.807, 2.05) is 0 Å². The molecule has 0 heterocycles. The zero-order chi connectivity index (χ0) is 26.9. The van der Waals surface area contributed by atoms with Crippen molar-refractivity contribution in [3.05, 3.63) is 47.6 Å². The van der Waals surface area contributed by atoms with E-state index >= 15 is 0 Å². The van der Waals surface area contributed by atoms with Crippen LogP contribution in [0.4, 0.5) is 0 Å². The molecule has 192 valence electrons. The molecule has 0 spiro atoms. The van der Waals surface area contributed by atoms with E-state index in [1.165, 1.54) is 11.0 Å². The number of carbonyl (C=O) groups is 4. The quantitative estimate of drug-likeness (QED) is 0.277. The van der Waals surface area contributed by atoms with Crippen molar-refractivity contribution in [1.82, 2.24) is 4.90 Å². The van der Waals surface area contributed by atoms with Crippen LogP contribution in [0.5, 0.6) is 5.75 Å². The van der Waals surface area contributed by atoms with Gasteiger partial charge in [0.05, 0.1) is 11.7 Å². The number of nitrogens with two attached hydrogens (primary N) is 1. The molecule has 4 rings (SSSR count). The summed E-state index contributed by atoms with van der Waals surface area (Å²) in [5.41, 5.74) is 2.77. The number of ketones is 3. The summed E-state index contributed by atoms with van der Waals surface area (Å²) in [6, 6.07) is 3.48. The number of aromatic hydroxyl groups is 1. The van der Waals surface area contributed by atoms with Crippen molar-refractivity contribution < 1.29 is 39.6 Å². The van der Waals surface area contributed by atoms with Gasteiger partial charge in [-0.1, -0.05) is 25.6 Å². The maximum atomic E-state index is 14.0. The number of Topliss-reactive ketones (excluding diaryl/α,β-unsaturated/α-hetero) is 2. The van der Waals surface area contributed by atoms with Gasteiger partial charge >= 0.3 is 0 Å². The molecule has 36 heavy (non-hydrogen) atoms. The Bertz CT molecular complexity index is 1220. The van der Waals surface area contributed by atoms with Gasteiger partial charge in [0.1, 0.15) is 17.4 Å². The van der Waals surface area contributed by atoms with E-state index in [2.05, 4.69) is 6.58 Å². The molecule has 0 aromatic heterocycles. The molecule has 0 radical (unpaired) electrons. The lowest BCUT2D eigenvalue weighted by Gasteiger charge is -2.58. The van der Waals surface area contributed by atoms with Crippen molar-refractivity contribution >= 4 is 29.0 Å². The summed E-state index contributed by atoms with van der Waals surface area (Å²) in [6.07, 6.45) is -0.821. The second-order valence-electron chi connectivity index (χ2n) is 10.2. The van der Waals surface area contributed by atoms with E-state index in [1.54, 1.807) is 33.2 Å². The topological polar surface area (TPSA) is 178 Å². The maximum absolute atomic E-state index is 14.0. The molecule has 3 aliphatic rings. The molecule has 8 atom stereocenters. The van der Waals surface area contributed by atoms with Crippen LogP contribution in [-0.4, -0.2) is 80.4 Å². The SMILES string of the molecule is C=CC(=O)C[C@H]1[C@H]2C(=C(O)c3c(O)cccc3[C@@H]2C)C(=O)[C@]2(O)C(=O)C(C(N)=O)C(O)[C@@H](N(C)C)[C@H]12. The maximum Gasteiger partial charge on any atom is 0.230 e. The lowest BCUT2D eigenvalue weighted by Crippen LogP contribution is -2.75. The summed E-state index contributed by atoms with van der Waals surface area (Å²) in [4.78, 5) is 54.0. The van der Waals surface area contributed by atoms with Crippen LogP contribution in [0.15, 0.2) is 36.4 Å². The van der Waals surface area contributed by atoms with Gasteiger partial charge in [-0.25, -0.2) is 0 Å². The van der Waals surface area contributed by atoms with Gasteiger partial charge in [0.2, 0.25) is 11.7 Å².